The van der Waals surface area contributed by atoms with Gasteiger partial charge in [-0.2, -0.15) is 0 Å². The maximum atomic E-state index is 12.7. The lowest BCUT2D eigenvalue weighted by Gasteiger charge is -2.27. The zero-order valence-corrected chi connectivity index (χ0v) is 17.8. The van der Waals surface area contributed by atoms with Gasteiger partial charge in [0.2, 0.25) is 24.1 Å². The van der Waals surface area contributed by atoms with Crippen molar-refractivity contribution in [3.05, 3.63) is 0 Å². The molecule has 0 rings (SSSR count). The number of hydrogen-bond acceptors (Lipinski definition) is 5. The predicted octanol–water partition coefficient (Wildman–Crippen LogP) is 0.862. The summed E-state index contributed by atoms with van der Waals surface area (Å²) in [5.74, 6) is -5.92. The summed E-state index contributed by atoms with van der Waals surface area (Å²) in [6, 6.07) is -4.06. The molecule has 0 saturated heterocycles. The molecule has 0 aliphatic rings. The highest BCUT2D eigenvalue weighted by Crippen LogP contribution is 2.12. The first-order valence-corrected chi connectivity index (χ1v) is 9.73. The van der Waals surface area contributed by atoms with Crippen LogP contribution >= 0.6 is 0 Å². The summed E-state index contributed by atoms with van der Waals surface area (Å²) >= 11 is 0. The molecule has 0 aromatic heterocycles. The Balaban J connectivity index is 5.56. The molecule has 0 heterocycles. The predicted molar refractivity (Wildman–Crippen MR) is 104 cm³/mol. The van der Waals surface area contributed by atoms with Crippen LogP contribution < -0.4 is 16.0 Å². The second-order valence-corrected chi connectivity index (χ2v) is 7.61. The molecule has 0 fully saturated rings. The number of nitrogens with one attached hydrogen (secondary N) is 3. The van der Waals surface area contributed by atoms with Crippen molar-refractivity contribution in [1.29, 1.82) is 0 Å². The molecule has 30 heavy (non-hydrogen) atoms. The largest absolute Gasteiger partial charge is 0.475 e. The van der Waals surface area contributed by atoms with Gasteiger partial charge in [-0.3, -0.25) is 19.2 Å². The van der Waals surface area contributed by atoms with Gasteiger partial charge in [-0.15, -0.1) is 0 Å². The molecule has 0 spiro atoms. The highest BCUT2D eigenvalue weighted by molar-refractivity contribution is 6.35. The zero-order valence-electron chi connectivity index (χ0n) is 17.8. The van der Waals surface area contributed by atoms with E-state index in [1.54, 1.807) is 20.8 Å². The first-order chi connectivity index (χ1) is 13.8. The third kappa shape index (κ3) is 9.75. The topological polar surface area (TPSA) is 142 Å². The zero-order chi connectivity index (χ0) is 23.6. The van der Waals surface area contributed by atoms with Crippen LogP contribution in [0.25, 0.3) is 0 Å². The second kappa shape index (κ2) is 12.9. The number of aliphatic carboxylic acids is 1. The number of alkyl halides is 2. The van der Waals surface area contributed by atoms with Crippen molar-refractivity contribution in [1.82, 2.24) is 16.0 Å². The Labute approximate surface area is 174 Å². The molecule has 3 amide bonds. The maximum absolute atomic E-state index is 12.7. The van der Waals surface area contributed by atoms with Gasteiger partial charge in [-0.05, 0) is 18.3 Å². The lowest BCUT2D eigenvalue weighted by Crippen LogP contribution is -2.57. The van der Waals surface area contributed by atoms with E-state index in [1.807, 2.05) is 12.2 Å². The van der Waals surface area contributed by atoms with Crippen molar-refractivity contribution in [3.8, 4) is 0 Å². The van der Waals surface area contributed by atoms with Crippen molar-refractivity contribution >= 4 is 29.5 Å². The minimum atomic E-state index is -3.02. The van der Waals surface area contributed by atoms with Crippen molar-refractivity contribution in [3.63, 3.8) is 0 Å². The molecule has 0 saturated carbocycles. The normalized spacial score (nSPS) is 15.1. The summed E-state index contributed by atoms with van der Waals surface area (Å²) in [5.41, 5.74) is 0. The second-order valence-electron chi connectivity index (χ2n) is 7.61. The average molecular weight is 435 g/mol. The van der Waals surface area contributed by atoms with Crippen LogP contribution in [0.4, 0.5) is 8.78 Å². The maximum Gasteiger partial charge on any atom is 0.374 e. The van der Waals surface area contributed by atoms with Crippen LogP contribution in [0.3, 0.4) is 0 Å². The summed E-state index contributed by atoms with van der Waals surface area (Å²) in [6.07, 6.45) is -3.52. The molecule has 0 aliphatic heterocycles. The third-order valence-electron chi connectivity index (χ3n) is 4.45. The van der Waals surface area contributed by atoms with Gasteiger partial charge in [0.1, 0.15) is 18.1 Å². The molecule has 0 unspecified atom stereocenters. The molecule has 0 radical (unpaired) electrons. The number of carbonyl (C=O) groups excluding carboxylic acids is 4. The summed E-state index contributed by atoms with van der Waals surface area (Å²) in [7, 11) is 0. The van der Waals surface area contributed by atoms with E-state index in [0.29, 0.717) is 6.42 Å². The van der Waals surface area contributed by atoms with Gasteiger partial charge in [-0.1, -0.05) is 34.1 Å². The quantitative estimate of drug-likeness (QED) is 0.316. The summed E-state index contributed by atoms with van der Waals surface area (Å²) in [5, 5.41) is 15.8. The first-order valence-electron chi connectivity index (χ1n) is 9.73. The Morgan fingerprint density at radius 2 is 1.40 bits per heavy atom. The fourth-order valence-corrected chi connectivity index (χ4v) is 2.72. The van der Waals surface area contributed by atoms with Crippen LogP contribution in [0.1, 0.15) is 53.9 Å². The standard InChI is InChI=1S/C19H31F2N3O6/c1-6-10(4)15(22-11(5)25)18(28)24-13(7-9(2)3)17(27)23-12(8-14(20)21)16(26)19(29)30/h9-10,12-15H,6-8H2,1-5H3,(H,22,25)(H,23,27)(H,24,28)(H,29,30)/t10-,12-,13-,15-/m0/s1. The lowest BCUT2D eigenvalue weighted by atomic mass is 9.96. The van der Waals surface area contributed by atoms with Gasteiger partial charge in [0, 0.05) is 13.3 Å². The molecule has 0 aromatic rings. The summed E-state index contributed by atoms with van der Waals surface area (Å²) in [6.45, 7) is 8.31. The van der Waals surface area contributed by atoms with E-state index in [-0.39, 0.29) is 18.3 Å². The van der Waals surface area contributed by atoms with Crippen molar-refractivity contribution < 1.29 is 37.9 Å². The highest BCUT2D eigenvalue weighted by atomic mass is 19.3. The van der Waals surface area contributed by atoms with Gasteiger partial charge < -0.3 is 21.1 Å². The Kier molecular flexibility index (Phi) is 11.8. The Morgan fingerprint density at radius 1 is 0.867 bits per heavy atom. The first kappa shape index (κ1) is 27.4. The number of carboxylic acids is 1. The van der Waals surface area contributed by atoms with E-state index in [0.717, 1.165) is 0 Å². The number of Topliss-reactive ketones (excluding diaryl/α,β-unsaturated/α-hetero) is 1. The van der Waals surface area contributed by atoms with Crippen LogP contribution in [0.5, 0.6) is 0 Å². The highest BCUT2D eigenvalue weighted by Gasteiger charge is 2.34. The number of halogens is 2. The Hall–Kier alpha value is -2.59. The van der Waals surface area contributed by atoms with Gasteiger partial charge >= 0.3 is 5.97 Å². The molecule has 0 bridgehead atoms. The van der Waals surface area contributed by atoms with E-state index in [9.17, 15) is 32.8 Å². The number of amides is 3. The fourth-order valence-electron chi connectivity index (χ4n) is 2.72. The van der Waals surface area contributed by atoms with Crippen molar-refractivity contribution in [2.45, 2.75) is 78.4 Å². The molecular weight excluding hydrogens is 404 g/mol. The van der Waals surface area contributed by atoms with Gasteiger partial charge in [0.05, 0.1) is 0 Å². The van der Waals surface area contributed by atoms with Crippen molar-refractivity contribution in [2.24, 2.45) is 11.8 Å². The van der Waals surface area contributed by atoms with Gasteiger partial charge in [0.25, 0.3) is 5.78 Å². The van der Waals surface area contributed by atoms with Gasteiger partial charge in [-0.25, -0.2) is 13.6 Å². The number of carbonyl (C=O) groups is 5. The van der Waals surface area contributed by atoms with Gasteiger partial charge in [0.15, 0.2) is 0 Å². The molecule has 11 heteroatoms. The third-order valence-corrected chi connectivity index (χ3v) is 4.45. The number of hydrogen-bond donors (Lipinski definition) is 4. The summed E-state index contributed by atoms with van der Waals surface area (Å²) in [4.78, 5) is 59.3. The minimum absolute atomic E-state index is 0.104. The summed E-state index contributed by atoms with van der Waals surface area (Å²) < 4.78 is 25.5. The average Bonchev–Trinajstić information content (AvgIpc) is 2.62. The molecule has 0 aromatic carbocycles. The molecule has 4 N–H and O–H groups in total. The minimum Gasteiger partial charge on any atom is -0.475 e. The van der Waals surface area contributed by atoms with E-state index in [4.69, 9.17) is 5.11 Å². The van der Waals surface area contributed by atoms with Crippen LogP contribution in [0.2, 0.25) is 0 Å². The van der Waals surface area contributed by atoms with Crippen molar-refractivity contribution in [2.75, 3.05) is 0 Å². The fraction of sp³-hybridized carbons (Fsp3) is 0.737. The molecule has 4 atom stereocenters. The molecular formula is C19H31F2N3O6. The lowest BCUT2D eigenvalue weighted by molar-refractivity contribution is -0.151. The van der Waals surface area contributed by atoms with E-state index in [2.05, 4.69) is 10.6 Å². The Morgan fingerprint density at radius 3 is 1.80 bits per heavy atom. The molecule has 172 valence electrons. The number of ketones is 1. The van der Waals surface area contributed by atoms with E-state index in [1.165, 1.54) is 6.92 Å². The molecule has 9 nitrogen and oxygen atoms in total. The van der Waals surface area contributed by atoms with Crippen LogP contribution in [-0.4, -0.2) is 59.1 Å². The van der Waals surface area contributed by atoms with Crippen LogP contribution in [-0.2, 0) is 24.0 Å². The monoisotopic (exact) mass is 435 g/mol. The van der Waals surface area contributed by atoms with Crippen LogP contribution in [0, 0.1) is 11.8 Å². The van der Waals surface area contributed by atoms with Crippen LogP contribution in [0.15, 0.2) is 0 Å². The number of rotatable bonds is 13. The smallest absolute Gasteiger partial charge is 0.374 e. The van der Waals surface area contributed by atoms with E-state index >= 15 is 0 Å². The molecule has 0 aliphatic carbocycles. The van der Waals surface area contributed by atoms with E-state index < -0.39 is 60.4 Å². The number of carboxylic acid groups (broad SMARTS) is 1. The SMILES string of the molecule is CC[C@H](C)[C@H](NC(C)=O)C(=O)N[C@@H](CC(C)C)C(=O)N[C@@H](CC(F)F)C(=O)C(=O)O. The Bertz CT molecular complexity index is 642.